The topological polar surface area (TPSA) is 57.8 Å². The van der Waals surface area contributed by atoms with E-state index < -0.39 is 5.91 Å². The Kier molecular flexibility index (Phi) is 6.05. The zero-order valence-electron chi connectivity index (χ0n) is 16.9. The number of hydrogen-bond donors (Lipinski definition) is 1. The van der Waals surface area contributed by atoms with Crippen molar-refractivity contribution in [2.75, 3.05) is 5.32 Å². The molecule has 0 bridgehead atoms. The predicted octanol–water partition coefficient (Wildman–Crippen LogP) is 6.02. The molecule has 2 aromatic carbocycles. The second-order valence-corrected chi connectivity index (χ2v) is 8.05. The highest BCUT2D eigenvalue weighted by atomic mass is 79.9. The van der Waals surface area contributed by atoms with E-state index in [2.05, 4.69) is 57.9 Å². The van der Waals surface area contributed by atoms with Gasteiger partial charge >= 0.3 is 0 Å². The number of halogens is 1. The lowest BCUT2D eigenvalue weighted by molar-refractivity contribution is -0.112. The van der Waals surface area contributed by atoms with Gasteiger partial charge in [-0.1, -0.05) is 22.0 Å². The highest BCUT2D eigenvalue weighted by molar-refractivity contribution is 9.10. The number of carbonyl (C=O) groups is 1. The van der Waals surface area contributed by atoms with E-state index in [1.54, 1.807) is 18.2 Å². The Morgan fingerprint density at radius 3 is 2.24 bits per heavy atom. The molecule has 1 aromatic heterocycles. The molecule has 0 aliphatic carbocycles. The summed E-state index contributed by atoms with van der Waals surface area (Å²) >= 11 is 3.36. The first-order valence-corrected chi connectivity index (χ1v) is 10.0. The third-order valence-corrected chi connectivity index (χ3v) is 5.23. The van der Waals surface area contributed by atoms with Crippen LogP contribution in [0.15, 0.2) is 58.6 Å². The number of aryl methyl sites for hydroxylation is 3. The van der Waals surface area contributed by atoms with Gasteiger partial charge in [-0.25, -0.2) is 0 Å². The monoisotopic (exact) mass is 447 g/mol. The van der Waals surface area contributed by atoms with Gasteiger partial charge in [-0.3, -0.25) is 4.79 Å². The molecular formula is C24H22BrN3O. The summed E-state index contributed by atoms with van der Waals surface area (Å²) in [5.74, 6) is -0.425. The summed E-state index contributed by atoms with van der Waals surface area (Å²) < 4.78 is 3.07. The highest BCUT2D eigenvalue weighted by Gasteiger charge is 2.14. The first-order chi connectivity index (χ1) is 13.8. The Morgan fingerprint density at radius 2 is 1.66 bits per heavy atom. The summed E-state index contributed by atoms with van der Waals surface area (Å²) in [4.78, 5) is 12.6. The number of nitriles is 1. The third kappa shape index (κ3) is 4.67. The number of nitrogens with zero attached hydrogens (tertiary/aromatic N) is 2. The molecule has 1 N–H and O–H groups in total. The lowest BCUT2D eigenvalue weighted by Gasteiger charge is -2.12. The molecular weight excluding hydrogens is 426 g/mol. The molecule has 0 aliphatic rings. The van der Waals surface area contributed by atoms with Crippen molar-refractivity contribution in [1.82, 2.24) is 4.57 Å². The van der Waals surface area contributed by atoms with Crippen LogP contribution in [0.2, 0.25) is 0 Å². The van der Waals surface area contributed by atoms with Gasteiger partial charge in [-0.15, -0.1) is 0 Å². The van der Waals surface area contributed by atoms with Gasteiger partial charge in [-0.05, 0) is 92.9 Å². The molecule has 0 saturated carbocycles. The van der Waals surface area contributed by atoms with Crippen LogP contribution in [0.25, 0.3) is 11.8 Å². The van der Waals surface area contributed by atoms with Gasteiger partial charge in [0.25, 0.3) is 5.91 Å². The number of carbonyl (C=O) groups excluding carboxylic acids is 1. The summed E-state index contributed by atoms with van der Waals surface area (Å²) in [6.45, 7) is 8.17. The van der Waals surface area contributed by atoms with Gasteiger partial charge in [0.05, 0.1) is 0 Å². The van der Waals surface area contributed by atoms with Crippen LogP contribution in [0.5, 0.6) is 0 Å². The molecule has 0 saturated heterocycles. The zero-order valence-corrected chi connectivity index (χ0v) is 18.5. The molecule has 5 heteroatoms. The molecule has 1 heterocycles. The highest BCUT2D eigenvalue weighted by Crippen LogP contribution is 2.24. The molecule has 0 radical (unpaired) electrons. The number of benzene rings is 2. The Morgan fingerprint density at radius 1 is 1.03 bits per heavy atom. The van der Waals surface area contributed by atoms with E-state index in [9.17, 15) is 10.1 Å². The van der Waals surface area contributed by atoms with E-state index >= 15 is 0 Å². The third-order valence-electron chi connectivity index (χ3n) is 4.70. The van der Waals surface area contributed by atoms with Gasteiger partial charge in [0.15, 0.2) is 0 Å². The van der Waals surface area contributed by atoms with Crippen molar-refractivity contribution in [3.8, 4) is 11.8 Å². The van der Waals surface area contributed by atoms with E-state index in [-0.39, 0.29) is 5.57 Å². The molecule has 0 spiro atoms. The Balaban J connectivity index is 1.95. The van der Waals surface area contributed by atoms with Gasteiger partial charge in [0.2, 0.25) is 0 Å². The van der Waals surface area contributed by atoms with Crippen molar-refractivity contribution < 1.29 is 4.79 Å². The summed E-state index contributed by atoms with van der Waals surface area (Å²) in [7, 11) is 0. The van der Waals surface area contributed by atoms with E-state index in [0.29, 0.717) is 5.69 Å². The fraction of sp³-hybridized carbons (Fsp3) is 0.167. The second kappa shape index (κ2) is 8.50. The van der Waals surface area contributed by atoms with Crippen LogP contribution in [-0.2, 0) is 4.79 Å². The largest absolute Gasteiger partial charge is 0.321 e. The lowest BCUT2D eigenvalue weighted by Crippen LogP contribution is -2.13. The average molecular weight is 448 g/mol. The van der Waals surface area contributed by atoms with Crippen molar-refractivity contribution in [3.63, 3.8) is 0 Å². The maximum atomic E-state index is 12.6. The Labute approximate surface area is 179 Å². The summed E-state index contributed by atoms with van der Waals surface area (Å²) in [5.41, 5.74) is 7.04. The van der Waals surface area contributed by atoms with Gasteiger partial charge in [0, 0.05) is 27.2 Å². The Hall–Kier alpha value is -3.10. The minimum Gasteiger partial charge on any atom is -0.321 e. The predicted molar refractivity (Wildman–Crippen MR) is 121 cm³/mol. The molecule has 3 rings (SSSR count). The number of rotatable bonds is 4. The van der Waals surface area contributed by atoms with Crippen LogP contribution in [0.3, 0.4) is 0 Å². The van der Waals surface area contributed by atoms with E-state index in [0.717, 1.165) is 27.1 Å². The first-order valence-electron chi connectivity index (χ1n) is 9.25. The van der Waals surface area contributed by atoms with Crippen LogP contribution >= 0.6 is 15.9 Å². The quantitative estimate of drug-likeness (QED) is 0.392. The summed E-state index contributed by atoms with van der Waals surface area (Å²) in [6, 6.07) is 17.7. The van der Waals surface area contributed by atoms with Crippen LogP contribution < -0.4 is 5.32 Å². The molecule has 4 nitrogen and oxygen atoms in total. The van der Waals surface area contributed by atoms with E-state index in [4.69, 9.17) is 0 Å². The Bertz CT molecular complexity index is 1130. The number of amides is 1. The summed E-state index contributed by atoms with van der Waals surface area (Å²) in [6.07, 6.45) is 1.65. The number of nitrogens with one attached hydrogen (secondary N) is 1. The van der Waals surface area contributed by atoms with Crippen molar-refractivity contribution in [2.45, 2.75) is 27.7 Å². The molecule has 1 amide bonds. The molecule has 146 valence electrons. The van der Waals surface area contributed by atoms with Gasteiger partial charge in [-0.2, -0.15) is 5.26 Å². The molecule has 3 aromatic rings. The molecule has 0 fully saturated rings. The first kappa shape index (κ1) is 20.6. The number of anilines is 1. The van der Waals surface area contributed by atoms with E-state index in [1.165, 1.54) is 11.1 Å². The number of hydrogen-bond acceptors (Lipinski definition) is 2. The minimum absolute atomic E-state index is 0.0635. The summed E-state index contributed by atoms with van der Waals surface area (Å²) in [5, 5.41) is 12.3. The maximum Gasteiger partial charge on any atom is 0.266 e. The molecule has 0 unspecified atom stereocenters. The maximum absolute atomic E-state index is 12.6. The van der Waals surface area contributed by atoms with Crippen LogP contribution in [-0.4, -0.2) is 10.5 Å². The second-order valence-electron chi connectivity index (χ2n) is 7.14. The van der Waals surface area contributed by atoms with Crippen molar-refractivity contribution in [1.29, 1.82) is 5.26 Å². The zero-order chi connectivity index (χ0) is 21.1. The fourth-order valence-corrected chi connectivity index (χ4v) is 3.71. The fourth-order valence-electron chi connectivity index (χ4n) is 3.45. The van der Waals surface area contributed by atoms with Crippen molar-refractivity contribution in [2.24, 2.45) is 0 Å². The smallest absolute Gasteiger partial charge is 0.266 e. The lowest BCUT2D eigenvalue weighted by atomic mass is 10.1. The van der Waals surface area contributed by atoms with Gasteiger partial charge < -0.3 is 9.88 Å². The molecule has 0 aliphatic heterocycles. The standard InChI is InChI=1S/C24H22BrN3O/c1-15-9-16(2)11-23(10-15)28-17(3)12-19(18(28)4)13-20(14-26)24(29)27-22-7-5-21(25)6-8-22/h5-13H,1-4H3,(H,27,29)/b20-13-. The molecule has 29 heavy (non-hydrogen) atoms. The molecule has 0 atom stereocenters. The average Bonchev–Trinajstić information content (AvgIpc) is 2.94. The van der Waals surface area contributed by atoms with Gasteiger partial charge in [0.1, 0.15) is 11.6 Å². The van der Waals surface area contributed by atoms with Crippen LogP contribution in [0.1, 0.15) is 28.1 Å². The minimum atomic E-state index is -0.425. The van der Waals surface area contributed by atoms with E-state index in [1.807, 2.05) is 38.1 Å². The van der Waals surface area contributed by atoms with Crippen LogP contribution in [0.4, 0.5) is 5.69 Å². The van der Waals surface area contributed by atoms with Crippen molar-refractivity contribution >= 4 is 33.6 Å². The van der Waals surface area contributed by atoms with Crippen LogP contribution in [0, 0.1) is 39.0 Å². The van der Waals surface area contributed by atoms with Crippen molar-refractivity contribution in [3.05, 3.63) is 86.7 Å². The number of aromatic nitrogens is 1. The normalized spacial score (nSPS) is 11.2. The SMILES string of the molecule is Cc1cc(C)cc(-n2c(C)cc(/C=C(/C#N)C(=O)Nc3ccc(Br)cc3)c2C)c1.